The molecule has 0 saturated carbocycles. The lowest BCUT2D eigenvalue weighted by atomic mass is 10.0. The molecule has 2 N–H and O–H groups in total. The largest absolute Gasteiger partial charge is 0.504 e. The van der Waals surface area contributed by atoms with E-state index in [4.69, 9.17) is 4.74 Å². The summed E-state index contributed by atoms with van der Waals surface area (Å²) in [6.07, 6.45) is 5.91. The number of phenols is 1. The number of benzene rings is 2. The number of phenolic OH excluding ortho intramolecular Hbond substituents is 1. The second-order valence-corrected chi connectivity index (χ2v) is 7.45. The van der Waals surface area contributed by atoms with Crippen LogP contribution in [0.1, 0.15) is 30.5 Å². The van der Waals surface area contributed by atoms with Gasteiger partial charge in [-0.25, -0.2) is 10.4 Å². The number of aliphatic imine (C=N–C) groups is 1. The Morgan fingerprint density at radius 2 is 1.89 bits per heavy atom. The Bertz CT molecular complexity index is 841. The van der Waals surface area contributed by atoms with Crippen molar-refractivity contribution >= 4 is 12.0 Å². The van der Waals surface area contributed by atoms with Gasteiger partial charge >= 0.3 is 0 Å². The minimum atomic E-state index is 0.164. The maximum absolute atomic E-state index is 9.66. The van der Waals surface area contributed by atoms with Crippen molar-refractivity contribution in [2.24, 2.45) is 10.9 Å². The molecule has 0 fully saturated rings. The van der Waals surface area contributed by atoms with Gasteiger partial charge < -0.3 is 9.84 Å². The highest BCUT2D eigenvalue weighted by Crippen LogP contribution is 2.26. The Morgan fingerprint density at radius 3 is 2.54 bits per heavy atom. The molecule has 0 aromatic heterocycles. The van der Waals surface area contributed by atoms with Crippen LogP contribution in [0.15, 0.2) is 53.5 Å². The van der Waals surface area contributed by atoms with Gasteiger partial charge in [0.05, 0.1) is 19.4 Å². The Morgan fingerprint density at radius 1 is 1.14 bits per heavy atom. The third kappa shape index (κ3) is 5.36. The zero-order chi connectivity index (χ0) is 19.9. The molecule has 1 aliphatic rings. The predicted octanol–water partition coefficient (Wildman–Crippen LogP) is 4.03. The van der Waals surface area contributed by atoms with Crippen LogP contribution in [0.25, 0.3) is 5.70 Å². The minimum Gasteiger partial charge on any atom is -0.504 e. The average Bonchev–Trinajstić information content (AvgIpc) is 2.70. The van der Waals surface area contributed by atoms with Crippen molar-refractivity contribution in [2.75, 3.05) is 20.2 Å². The molecule has 3 rings (SSSR count). The van der Waals surface area contributed by atoms with E-state index in [9.17, 15) is 5.11 Å². The first-order chi connectivity index (χ1) is 13.5. The van der Waals surface area contributed by atoms with Crippen molar-refractivity contribution in [3.63, 3.8) is 0 Å². The van der Waals surface area contributed by atoms with E-state index in [1.54, 1.807) is 13.2 Å². The lowest BCUT2D eigenvalue weighted by Crippen LogP contribution is -2.39. The lowest BCUT2D eigenvalue weighted by molar-refractivity contribution is 0.345. The van der Waals surface area contributed by atoms with Gasteiger partial charge in [0.1, 0.15) is 6.34 Å². The molecule has 1 aliphatic heterocycles. The van der Waals surface area contributed by atoms with Crippen LogP contribution >= 0.6 is 0 Å². The maximum Gasteiger partial charge on any atom is 0.160 e. The summed E-state index contributed by atoms with van der Waals surface area (Å²) in [7, 11) is 1.56. The number of rotatable bonds is 8. The van der Waals surface area contributed by atoms with E-state index in [1.807, 2.05) is 23.5 Å². The molecule has 2 aromatic rings. The summed E-state index contributed by atoms with van der Waals surface area (Å²) >= 11 is 0. The average molecular weight is 380 g/mol. The molecule has 0 amide bonds. The number of methoxy groups -OCH3 is 1. The first-order valence-corrected chi connectivity index (χ1v) is 9.75. The van der Waals surface area contributed by atoms with Crippen molar-refractivity contribution in [2.45, 2.75) is 26.7 Å². The quantitative estimate of drug-likeness (QED) is 0.727. The second-order valence-electron chi connectivity index (χ2n) is 7.45. The predicted molar refractivity (Wildman–Crippen MR) is 115 cm³/mol. The van der Waals surface area contributed by atoms with Gasteiger partial charge in [0, 0.05) is 6.54 Å². The van der Waals surface area contributed by atoms with Crippen LogP contribution in [0.2, 0.25) is 0 Å². The number of nitrogens with one attached hydrogen (secondary N) is 1. The van der Waals surface area contributed by atoms with Crippen LogP contribution in [0, 0.1) is 5.92 Å². The van der Waals surface area contributed by atoms with E-state index in [0.717, 1.165) is 42.8 Å². The van der Waals surface area contributed by atoms with Gasteiger partial charge in [0.15, 0.2) is 11.5 Å². The van der Waals surface area contributed by atoms with E-state index in [0.29, 0.717) is 11.7 Å². The molecule has 2 aromatic carbocycles. The highest BCUT2D eigenvalue weighted by molar-refractivity contribution is 5.75. The summed E-state index contributed by atoms with van der Waals surface area (Å²) in [5.74, 6) is 1.33. The zero-order valence-corrected chi connectivity index (χ0v) is 16.9. The molecule has 0 unspecified atom stereocenters. The van der Waals surface area contributed by atoms with Crippen molar-refractivity contribution in [3.8, 4) is 11.5 Å². The summed E-state index contributed by atoms with van der Waals surface area (Å²) in [6, 6.07) is 14.1. The first-order valence-electron chi connectivity index (χ1n) is 9.75. The number of ether oxygens (including phenoxy) is 1. The van der Waals surface area contributed by atoms with E-state index >= 15 is 0 Å². The summed E-state index contributed by atoms with van der Waals surface area (Å²) in [5, 5.41) is 11.6. The molecule has 0 radical (unpaired) electrons. The Balaban J connectivity index is 1.48. The maximum atomic E-state index is 9.66. The summed E-state index contributed by atoms with van der Waals surface area (Å²) < 4.78 is 5.15. The molecule has 5 heteroatoms. The van der Waals surface area contributed by atoms with Gasteiger partial charge in [-0.2, -0.15) is 0 Å². The second kappa shape index (κ2) is 9.42. The molecule has 0 saturated heterocycles. The van der Waals surface area contributed by atoms with Crippen LogP contribution < -0.4 is 10.2 Å². The number of hydrogen-bond acceptors (Lipinski definition) is 5. The SMILES string of the molecule is COc1cc(CCNN2C=NC(c3ccc(CC(C)C)cc3)=CC2)ccc1O. The van der Waals surface area contributed by atoms with Gasteiger partial charge in [-0.15, -0.1) is 0 Å². The van der Waals surface area contributed by atoms with Gasteiger partial charge in [-0.05, 0) is 53.7 Å². The van der Waals surface area contributed by atoms with Gasteiger partial charge in [-0.1, -0.05) is 44.2 Å². The summed E-state index contributed by atoms with van der Waals surface area (Å²) in [4.78, 5) is 4.58. The molecule has 0 spiro atoms. The first kappa shape index (κ1) is 20.0. The molecule has 5 nitrogen and oxygen atoms in total. The number of nitrogens with zero attached hydrogens (tertiary/aromatic N) is 2. The van der Waals surface area contributed by atoms with E-state index in [1.165, 1.54) is 5.56 Å². The van der Waals surface area contributed by atoms with E-state index < -0.39 is 0 Å². The number of hydrazine groups is 1. The lowest BCUT2D eigenvalue weighted by Gasteiger charge is -2.22. The molecule has 1 heterocycles. The van der Waals surface area contributed by atoms with Crippen molar-refractivity contribution in [1.82, 2.24) is 10.4 Å². The van der Waals surface area contributed by atoms with Crippen molar-refractivity contribution in [3.05, 3.63) is 65.2 Å². The molecule has 0 bridgehead atoms. The van der Waals surface area contributed by atoms with Gasteiger partial charge in [0.2, 0.25) is 0 Å². The standard InChI is InChI=1S/C23H29N3O2/c1-17(2)14-18-4-7-20(8-5-18)21-11-13-26(16-24-21)25-12-10-19-6-9-22(27)23(15-19)28-3/h4-9,11,15-17,25,27H,10,12-14H2,1-3H3. The van der Waals surface area contributed by atoms with E-state index in [-0.39, 0.29) is 5.75 Å². The molecule has 148 valence electrons. The highest BCUT2D eigenvalue weighted by atomic mass is 16.5. The Kier molecular flexibility index (Phi) is 6.71. The summed E-state index contributed by atoms with van der Waals surface area (Å²) in [6.45, 7) is 6.02. The molecular weight excluding hydrogens is 350 g/mol. The number of aromatic hydroxyl groups is 1. The summed E-state index contributed by atoms with van der Waals surface area (Å²) in [5.41, 5.74) is 8.00. The van der Waals surface area contributed by atoms with Crippen molar-refractivity contribution in [1.29, 1.82) is 0 Å². The fourth-order valence-electron chi connectivity index (χ4n) is 3.22. The van der Waals surface area contributed by atoms with Crippen molar-refractivity contribution < 1.29 is 9.84 Å². The Hall–Kier alpha value is -2.79. The smallest absolute Gasteiger partial charge is 0.160 e. The van der Waals surface area contributed by atoms with Crippen LogP contribution in [0.3, 0.4) is 0 Å². The third-order valence-corrected chi connectivity index (χ3v) is 4.68. The van der Waals surface area contributed by atoms with Crippen LogP contribution in [0.5, 0.6) is 11.5 Å². The Labute approximate surface area is 167 Å². The van der Waals surface area contributed by atoms with E-state index in [2.05, 4.69) is 54.6 Å². The van der Waals surface area contributed by atoms with Crippen LogP contribution in [0.4, 0.5) is 0 Å². The van der Waals surface area contributed by atoms with Crippen LogP contribution in [-0.4, -0.2) is 36.7 Å². The topological polar surface area (TPSA) is 57.1 Å². The zero-order valence-electron chi connectivity index (χ0n) is 16.9. The van der Waals surface area contributed by atoms with Gasteiger partial charge in [-0.3, -0.25) is 5.01 Å². The highest BCUT2D eigenvalue weighted by Gasteiger charge is 2.09. The normalized spacial score (nSPS) is 13.7. The van der Waals surface area contributed by atoms with Crippen LogP contribution in [-0.2, 0) is 12.8 Å². The van der Waals surface area contributed by atoms with Gasteiger partial charge in [0.25, 0.3) is 0 Å². The minimum absolute atomic E-state index is 0.164. The third-order valence-electron chi connectivity index (χ3n) is 4.68. The molecule has 28 heavy (non-hydrogen) atoms. The number of hydrogen-bond donors (Lipinski definition) is 2. The molecule has 0 atom stereocenters. The molecular formula is C23H29N3O2. The fraction of sp³-hybridized carbons (Fsp3) is 0.348. The monoisotopic (exact) mass is 379 g/mol. The molecule has 0 aliphatic carbocycles. The fourth-order valence-corrected chi connectivity index (χ4v) is 3.22.